The lowest BCUT2D eigenvalue weighted by molar-refractivity contribution is -0.121. The Balaban J connectivity index is 1.23. The van der Waals surface area contributed by atoms with Crippen molar-refractivity contribution in [2.45, 2.75) is 31.0 Å². The highest BCUT2D eigenvalue weighted by Gasteiger charge is 2.49. The van der Waals surface area contributed by atoms with E-state index in [1.807, 2.05) is 6.20 Å². The average molecular weight is 334 g/mol. The highest BCUT2D eigenvalue weighted by molar-refractivity contribution is 7.05. The van der Waals surface area contributed by atoms with Crippen molar-refractivity contribution in [2.75, 3.05) is 19.7 Å². The standard InChI is InChI=1S/C15H18N4O3S/c20-14(3-11-5-16-22-7-11)18-12-4-15(21-8-12)9-19(10-15)6-13-1-2-17-23-13/h1-2,5,7,12H,3-4,6,8-10H2,(H,18,20). The lowest BCUT2D eigenvalue weighted by atomic mass is 9.89. The van der Waals surface area contributed by atoms with Gasteiger partial charge in [-0.15, -0.1) is 0 Å². The van der Waals surface area contributed by atoms with Gasteiger partial charge in [0.05, 0.1) is 30.9 Å². The Morgan fingerprint density at radius 3 is 3.17 bits per heavy atom. The van der Waals surface area contributed by atoms with E-state index < -0.39 is 0 Å². The van der Waals surface area contributed by atoms with Gasteiger partial charge in [0.25, 0.3) is 0 Å². The topological polar surface area (TPSA) is 80.5 Å². The first-order valence-electron chi connectivity index (χ1n) is 7.64. The summed E-state index contributed by atoms with van der Waals surface area (Å²) >= 11 is 1.54. The van der Waals surface area contributed by atoms with Crippen LogP contribution in [0.4, 0.5) is 0 Å². The van der Waals surface area contributed by atoms with Gasteiger partial charge in [-0.1, -0.05) is 5.16 Å². The van der Waals surface area contributed by atoms with Crippen LogP contribution in [0, 0.1) is 0 Å². The van der Waals surface area contributed by atoms with Crippen molar-refractivity contribution >= 4 is 17.4 Å². The largest absolute Gasteiger partial charge is 0.370 e. The lowest BCUT2D eigenvalue weighted by Crippen LogP contribution is -2.61. The minimum atomic E-state index is -0.0835. The van der Waals surface area contributed by atoms with Gasteiger partial charge in [0.15, 0.2) is 0 Å². The van der Waals surface area contributed by atoms with Gasteiger partial charge < -0.3 is 14.6 Å². The molecule has 2 aliphatic rings. The molecular weight excluding hydrogens is 316 g/mol. The predicted octanol–water partition coefficient (Wildman–Crippen LogP) is 0.833. The maximum Gasteiger partial charge on any atom is 0.224 e. The normalized spacial score (nSPS) is 23.0. The summed E-state index contributed by atoms with van der Waals surface area (Å²) in [4.78, 5) is 15.6. The highest BCUT2D eigenvalue weighted by Crippen LogP contribution is 2.36. The second kappa shape index (κ2) is 6.03. The second-order valence-corrected chi connectivity index (χ2v) is 7.21. The molecule has 0 aromatic carbocycles. The Hall–Kier alpha value is -1.77. The molecule has 1 spiro atoms. The van der Waals surface area contributed by atoms with Gasteiger partial charge in [0.2, 0.25) is 5.91 Å². The van der Waals surface area contributed by atoms with Gasteiger partial charge in [0.1, 0.15) is 6.26 Å². The van der Waals surface area contributed by atoms with E-state index in [1.165, 1.54) is 22.7 Å². The zero-order valence-corrected chi connectivity index (χ0v) is 13.4. The smallest absolute Gasteiger partial charge is 0.224 e. The van der Waals surface area contributed by atoms with E-state index in [9.17, 15) is 4.79 Å². The van der Waals surface area contributed by atoms with Crippen LogP contribution in [0.1, 0.15) is 16.9 Å². The molecule has 0 aliphatic carbocycles. The first-order chi connectivity index (χ1) is 11.2. The molecule has 1 N–H and O–H groups in total. The Kier molecular flexibility index (Phi) is 3.88. The summed E-state index contributed by atoms with van der Waals surface area (Å²) in [5, 5.41) is 6.64. The van der Waals surface area contributed by atoms with Crippen molar-refractivity contribution in [3.05, 3.63) is 35.2 Å². The average Bonchev–Trinajstić information content (AvgIpc) is 3.20. The molecule has 2 aliphatic heterocycles. The number of carbonyl (C=O) groups excluding carboxylic acids is 1. The van der Waals surface area contributed by atoms with Crippen LogP contribution in [0.5, 0.6) is 0 Å². The Morgan fingerprint density at radius 2 is 2.43 bits per heavy atom. The maximum absolute atomic E-state index is 12.0. The summed E-state index contributed by atoms with van der Waals surface area (Å²) in [6, 6.07) is 2.15. The minimum Gasteiger partial charge on any atom is -0.370 e. The van der Waals surface area contributed by atoms with E-state index in [4.69, 9.17) is 9.26 Å². The van der Waals surface area contributed by atoms with Crippen LogP contribution in [0.25, 0.3) is 0 Å². The fraction of sp³-hybridized carbons (Fsp3) is 0.533. The van der Waals surface area contributed by atoms with Crippen LogP contribution < -0.4 is 5.32 Å². The van der Waals surface area contributed by atoms with Crippen molar-refractivity contribution in [2.24, 2.45) is 0 Å². The van der Waals surface area contributed by atoms with Crippen molar-refractivity contribution in [3.63, 3.8) is 0 Å². The van der Waals surface area contributed by atoms with Crippen LogP contribution in [0.3, 0.4) is 0 Å². The molecule has 1 atom stereocenters. The van der Waals surface area contributed by atoms with Gasteiger partial charge >= 0.3 is 0 Å². The molecule has 2 aromatic heterocycles. The summed E-state index contributed by atoms with van der Waals surface area (Å²) in [6.45, 7) is 3.36. The molecule has 0 radical (unpaired) electrons. The number of nitrogens with one attached hydrogen (secondary N) is 1. The van der Waals surface area contributed by atoms with Crippen LogP contribution in [-0.2, 0) is 22.5 Å². The quantitative estimate of drug-likeness (QED) is 0.872. The molecule has 4 heterocycles. The summed E-state index contributed by atoms with van der Waals surface area (Å²) in [5.74, 6) is -0.0142. The molecular formula is C15H18N4O3S. The number of hydrogen-bond donors (Lipinski definition) is 1. The molecule has 7 nitrogen and oxygen atoms in total. The molecule has 1 amide bonds. The minimum absolute atomic E-state index is 0.0142. The molecule has 2 aromatic rings. The fourth-order valence-corrected chi connectivity index (χ4v) is 3.98. The van der Waals surface area contributed by atoms with Gasteiger partial charge in [-0.25, -0.2) is 4.37 Å². The Labute approximate surface area is 137 Å². The molecule has 0 bridgehead atoms. The van der Waals surface area contributed by atoms with Crippen LogP contribution >= 0.6 is 11.5 Å². The zero-order valence-electron chi connectivity index (χ0n) is 12.6. The van der Waals surface area contributed by atoms with E-state index in [2.05, 4.69) is 25.8 Å². The molecule has 1 unspecified atom stereocenters. The Bertz CT molecular complexity index is 652. The number of rotatable bonds is 5. The third kappa shape index (κ3) is 3.29. The Morgan fingerprint density at radius 1 is 1.52 bits per heavy atom. The zero-order chi connectivity index (χ0) is 15.7. The van der Waals surface area contributed by atoms with E-state index >= 15 is 0 Å². The summed E-state index contributed by atoms with van der Waals surface area (Å²) in [7, 11) is 0. The van der Waals surface area contributed by atoms with Crippen LogP contribution in [0.2, 0.25) is 0 Å². The third-order valence-electron chi connectivity index (χ3n) is 4.32. The van der Waals surface area contributed by atoms with Gasteiger partial charge in [0, 0.05) is 42.7 Å². The number of likely N-dealkylation sites (tertiary alicyclic amines) is 1. The number of ether oxygens (including phenoxy) is 1. The van der Waals surface area contributed by atoms with E-state index in [0.29, 0.717) is 13.0 Å². The second-order valence-electron chi connectivity index (χ2n) is 6.30. The van der Waals surface area contributed by atoms with E-state index in [1.54, 1.807) is 6.20 Å². The van der Waals surface area contributed by atoms with E-state index in [0.717, 1.165) is 31.6 Å². The SMILES string of the molecule is O=C(Cc1cnoc1)NC1COC2(C1)CN(Cc1ccns1)C2. The molecule has 2 saturated heterocycles. The third-order valence-corrected chi connectivity index (χ3v) is 5.04. The van der Waals surface area contributed by atoms with Crippen LogP contribution in [0.15, 0.2) is 29.2 Å². The van der Waals surface area contributed by atoms with E-state index in [-0.39, 0.29) is 17.6 Å². The summed E-state index contributed by atoms with van der Waals surface area (Å²) in [6.07, 6.45) is 6.07. The number of aromatic nitrogens is 2. The molecule has 8 heteroatoms. The number of nitrogens with zero attached hydrogens (tertiary/aromatic N) is 3. The van der Waals surface area contributed by atoms with Gasteiger partial charge in [-0.3, -0.25) is 9.69 Å². The first kappa shape index (κ1) is 14.8. The molecule has 2 fully saturated rings. The lowest BCUT2D eigenvalue weighted by Gasteiger charge is -2.47. The summed E-state index contributed by atoms with van der Waals surface area (Å²) in [5.41, 5.74) is 0.704. The number of carbonyl (C=O) groups is 1. The first-order valence-corrected chi connectivity index (χ1v) is 8.42. The molecule has 23 heavy (non-hydrogen) atoms. The molecule has 122 valence electrons. The predicted molar refractivity (Wildman–Crippen MR) is 82.8 cm³/mol. The monoisotopic (exact) mass is 334 g/mol. The number of amides is 1. The van der Waals surface area contributed by atoms with Crippen molar-refractivity contribution in [1.82, 2.24) is 19.7 Å². The summed E-state index contributed by atoms with van der Waals surface area (Å²) < 4.78 is 14.8. The van der Waals surface area contributed by atoms with Gasteiger partial charge in [-0.05, 0) is 17.6 Å². The molecule has 4 rings (SSSR count). The molecule has 0 saturated carbocycles. The van der Waals surface area contributed by atoms with Gasteiger partial charge in [-0.2, -0.15) is 0 Å². The van der Waals surface area contributed by atoms with Crippen molar-refractivity contribution < 1.29 is 14.1 Å². The number of hydrogen-bond acceptors (Lipinski definition) is 7. The fourth-order valence-electron chi connectivity index (χ4n) is 3.36. The van der Waals surface area contributed by atoms with Crippen LogP contribution in [-0.4, -0.2) is 51.7 Å². The van der Waals surface area contributed by atoms with Crippen molar-refractivity contribution in [1.29, 1.82) is 0 Å². The van der Waals surface area contributed by atoms with Crippen molar-refractivity contribution in [3.8, 4) is 0 Å². The maximum atomic E-state index is 12.0. The highest BCUT2D eigenvalue weighted by atomic mass is 32.1.